The van der Waals surface area contributed by atoms with Crippen LogP contribution in [0.3, 0.4) is 0 Å². The van der Waals surface area contributed by atoms with Crippen LogP contribution in [0.4, 0.5) is 4.39 Å². The number of carbonyl (C=O) groups is 1. The Kier molecular flexibility index (Phi) is 4.31. The molecule has 0 saturated heterocycles. The fourth-order valence-corrected chi connectivity index (χ4v) is 2.53. The molecule has 3 N–H and O–H groups in total. The largest absolute Gasteiger partial charge is 0.349 e. The zero-order valence-corrected chi connectivity index (χ0v) is 10.4. The van der Waals surface area contributed by atoms with Crippen molar-refractivity contribution in [1.29, 1.82) is 0 Å². The molecule has 0 aromatic heterocycles. The third kappa shape index (κ3) is 3.29. The van der Waals surface area contributed by atoms with Crippen LogP contribution in [0, 0.1) is 11.7 Å². The first-order valence-corrected chi connectivity index (χ1v) is 6.45. The van der Waals surface area contributed by atoms with Crippen LogP contribution in [0.25, 0.3) is 0 Å². The number of carbonyl (C=O) groups excluding carboxylic acids is 1. The first-order valence-electron chi connectivity index (χ1n) is 6.45. The van der Waals surface area contributed by atoms with Crippen LogP contribution in [-0.2, 0) is 0 Å². The first-order chi connectivity index (χ1) is 8.69. The summed E-state index contributed by atoms with van der Waals surface area (Å²) in [4.78, 5) is 12.0. The molecule has 0 aliphatic heterocycles. The van der Waals surface area contributed by atoms with Crippen LogP contribution in [0.1, 0.15) is 36.0 Å². The lowest BCUT2D eigenvalue weighted by molar-refractivity contribution is 0.0920. The molecule has 0 heterocycles. The SMILES string of the molecule is NCC1CCCC(NC(=O)c2cccc(F)c2)C1. The van der Waals surface area contributed by atoms with Crippen LogP contribution < -0.4 is 11.1 Å². The van der Waals surface area contributed by atoms with Crippen LogP contribution in [-0.4, -0.2) is 18.5 Å². The number of amides is 1. The Bertz CT molecular complexity index is 422. The summed E-state index contributed by atoms with van der Waals surface area (Å²) in [6.07, 6.45) is 4.15. The van der Waals surface area contributed by atoms with Crippen molar-refractivity contribution in [3.8, 4) is 0 Å². The molecule has 1 amide bonds. The van der Waals surface area contributed by atoms with Crippen molar-refractivity contribution in [2.75, 3.05) is 6.54 Å². The van der Waals surface area contributed by atoms with E-state index < -0.39 is 0 Å². The van der Waals surface area contributed by atoms with Gasteiger partial charge in [-0.2, -0.15) is 0 Å². The van der Waals surface area contributed by atoms with Crippen molar-refractivity contribution >= 4 is 5.91 Å². The number of rotatable bonds is 3. The minimum atomic E-state index is -0.383. The third-order valence-corrected chi connectivity index (χ3v) is 3.54. The summed E-state index contributed by atoms with van der Waals surface area (Å²) >= 11 is 0. The summed E-state index contributed by atoms with van der Waals surface area (Å²) in [5, 5.41) is 2.97. The molecule has 4 heteroatoms. The number of hydrogen-bond donors (Lipinski definition) is 2. The Balaban J connectivity index is 1.95. The van der Waals surface area contributed by atoms with Gasteiger partial charge in [0.05, 0.1) is 0 Å². The second kappa shape index (κ2) is 5.96. The zero-order valence-electron chi connectivity index (χ0n) is 10.4. The van der Waals surface area contributed by atoms with Gasteiger partial charge in [-0.05, 0) is 49.9 Å². The summed E-state index contributed by atoms with van der Waals surface area (Å²) in [5.74, 6) is -0.0835. The minimum Gasteiger partial charge on any atom is -0.349 e. The van der Waals surface area contributed by atoms with Gasteiger partial charge in [-0.25, -0.2) is 4.39 Å². The molecule has 2 atom stereocenters. The lowest BCUT2D eigenvalue weighted by atomic mass is 9.85. The Morgan fingerprint density at radius 2 is 2.28 bits per heavy atom. The van der Waals surface area contributed by atoms with Crippen LogP contribution >= 0.6 is 0 Å². The maximum absolute atomic E-state index is 13.0. The maximum atomic E-state index is 13.0. The molecule has 0 radical (unpaired) electrons. The van der Waals surface area contributed by atoms with Crippen molar-refractivity contribution in [2.45, 2.75) is 31.7 Å². The highest BCUT2D eigenvalue weighted by Crippen LogP contribution is 2.23. The highest BCUT2D eigenvalue weighted by atomic mass is 19.1. The molecule has 1 saturated carbocycles. The van der Waals surface area contributed by atoms with E-state index in [1.807, 2.05) is 0 Å². The van der Waals surface area contributed by atoms with Gasteiger partial charge in [-0.1, -0.05) is 12.5 Å². The second-order valence-electron chi connectivity index (χ2n) is 4.95. The second-order valence-corrected chi connectivity index (χ2v) is 4.95. The number of hydrogen-bond acceptors (Lipinski definition) is 2. The van der Waals surface area contributed by atoms with E-state index in [1.165, 1.54) is 12.1 Å². The van der Waals surface area contributed by atoms with Crippen molar-refractivity contribution in [2.24, 2.45) is 11.7 Å². The molecule has 3 nitrogen and oxygen atoms in total. The van der Waals surface area contributed by atoms with Crippen molar-refractivity contribution < 1.29 is 9.18 Å². The van der Waals surface area contributed by atoms with Gasteiger partial charge in [0, 0.05) is 11.6 Å². The van der Waals surface area contributed by atoms with E-state index in [1.54, 1.807) is 12.1 Å². The van der Waals surface area contributed by atoms with Crippen LogP contribution in [0.15, 0.2) is 24.3 Å². The van der Waals surface area contributed by atoms with Crippen LogP contribution in [0.2, 0.25) is 0 Å². The van der Waals surface area contributed by atoms with E-state index in [0.29, 0.717) is 18.0 Å². The molecule has 0 bridgehead atoms. The summed E-state index contributed by atoms with van der Waals surface area (Å²) in [5.41, 5.74) is 6.04. The number of nitrogens with one attached hydrogen (secondary N) is 1. The van der Waals surface area contributed by atoms with E-state index in [0.717, 1.165) is 25.7 Å². The average molecular weight is 250 g/mol. The Morgan fingerprint density at radius 3 is 3.00 bits per heavy atom. The van der Waals surface area contributed by atoms with Crippen molar-refractivity contribution in [3.05, 3.63) is 35.6 Å². The summed E-state index contributed by atoms with van der Waals surface area (Å²) in [6, 6.07) is 5.94. The fraction of sp³-hybridized carbons (Fsp3) is 0.500. The van der Waals surface area contributed by atoms with Crippen LogP contribution in [0.5, 0.6) is 0 Å². The quantitative estimate of drug-likeness (QED) is 0.863. The molecular formula is C14H19FN2O. The standard InChI is InChI=1S/C14H19FN2O/c15-12-5-2-4-11(8-12)14(18)17-13-6-1-3-10(7-13)9-16/h2,4-5,8,10,13H,1,3,6-7,9,16H2,(H,17,18). The summed E-state index contributed by atoms with van der Waals surface area (Å²) in [7, 11) is 0. The lowest BCUT2D eigenvalue weighted by Gasteiger charge is -2.28. The molecule has 1 aliphatic carbocycles. The Morgan fingerprint density at radius 1 is 1.44 bits per heavy atom. The fourth-order valence-electron chi connectivity index (χ4n) is 2.53. The van der Waals surface area contributed by atoms with Gasteiger partial charge in [0.2, 0.25) is 0 Å². The van der Waals surface area contributed by atoms with Gasteiger partial charge in [0.15, 0.2) is 0 Å². The summed E-state index contributed by atoms with van der Waals surface area (Å²) < 4.78 is 13.0. The maximum Gasteiger partial charge on any atom is 0.251 e. The van der Waals surface area contributed by atoms with E-state index in [9.17, 15) is 9.18 Å². The monoisotopic (exact) mass is 250 g/mol. The molecule has 1 aromatic rings. The highest BCUT2D eigenvalue weighted by molar-refractivity contribution is 5.94. The lowest BCUT2D eigenvalue weighted by Crippen LogP contribution is -2.39. The number of benzene rings is 1. The van der Waals surface area contributed by atoms with Gasteiger partial charge in [-0.15, -0.1) is 0 Å². The molecule has 18 heavy (non-hydrogen) atoms. The predicted molar refractivity (Wildman–Crippen MR) is 68.7 cm³/mol. The van der Waals surface area contributed by atoms with E-state index >= 15 is 0 Å². The molecule has 2 unspecified atom stereocenters. The minimum absolute atomic E-state index is 0.170. The molecule has 2 rings (SSSR count). The third-order valence-electron chi connectivity index (χ3n) is 3.54. The van der Waals surface area contributed by atoms with Gasteiger partial charge in [0.1, 0.15) is 5.82 Å². The Hall–Kier alpha value is -1.42. The predicted octanol–water partition coefficient (Wildman–Crippen LogP) is 2.07. The molecule has 1 aromatic carbocycles. The highest BCUT2D eigenvalue weighted by Gasteiger charge is 2.22. The molecular weight excluding hydrogens is 231 g/mol. The van der Waals surface area contributed by atoms with Gasteiger partial charge in [0.25, 0.3) is 5.91 Å². The van der Waals surface area contributed by atoms with E-state index in [-0.39, 0.29) is 17.8 Å². The zero-order chi connectivity index (χ0) is 13.0. The van der Waals surface area contributed by atoms with Gasteiger partial charge < -0.3 is 11.1 Å². The number of nitrogens with two attached hydrogens (primary N) is 1. The van der Waals surface area contributed by atoms with Gasteiger partial charge >= 0.3 is 0 Å². The smallest absolute Gasteiger partial charge is 0.251 e. The number of halogens is 1. The molecule has 1 fully saturated rings. The normalized spacial score (nSPS) is 23.7. The summed E-state index contributed by atoms with van der Waals surface area (Å²) in [6.45, 7) is 0.673. The molecule has 98 valence electrons. The molecule has 1 aliphatic rings. The first kappa shape index (κ1) is 13.0. The molecule has 0 spiro atoms. The Labute approximate surface area is 107 Å². The average Bonchev–Trinajstić information content (AvgIpc) is 2.39. The van der Waals surface area contributed by atoms with Crippen molar-refractivity contribution in [3.63, 3.8) is 0 Å². The van der Waals surface area contributed by atoms with E-state index in [4.69, 9.17) is 5.73 Å². The van der Waals surface area contributed by atoms with Crippen molar-refractivity contribution in [1.82, 2.24) is 5.32 Å². The van der Waals surface area contributed by atoms with Gasteiger partial charge in [-0.3, -0.25) is 4.79 Å². The topological polar surface area (TPSA) is 55.1 Å². The van der Waals surface area contributed by atoms with E-state index in [2.05, 4.69) is 5.32 Å².